The summed E-state index contributed by atoms with van der Waals surface area (Å²) < 4.78 is 16.1. The first-order chi connectivity index (χ1) is 14.5. The van der Waals surface area contributed by atoms with E-state index in [0.717, 1.165) is 12.0 Å². The zero-order valence-electron chi connectivity index (χ0n) is 16.5. The van der Waals surface area contributed by atoms with Crippen molar-refractivity contribution in [3.63, 3.8) is 0 Å². The van der Waals surface area contributed by atoms with Crippen LogP contribution in [0.2, 0.25) is 5.02 Å². The van der Waals surface area contributed by atoms with Crippen LogP contribution in [0.3, 0.4) is 0 Å². The Hall–Kier alpha value is -3.31. The third kappa shape index (κ3) is 6.09. The van der Waals surface area contributed by atoms with Crippen molar-refractivity contribution >= 4 is 23.5 Å². The summed E-state index contributed by atoms with van der Waals surface area (Å²) >= 11 is 5.84. The van der Waals surface area contributed by atoms with Crippen LogP contribution in [0, 0.1) is 0 Å². The van der Waals surface area contributed by atoms with Crippen LogP contribution in [-0.4, -0.2) is 18.5 Å². The number of hydrogen-bond donors (Lipinski definition) is 0. The number of benzene rings is 3. The Kier molecular flexibility index (Phi) is 7.46. The third-order valence-corrected chi connectivity index (χ3v) is 4.40. The minimum absolute atomic E-state index is 0.144. The fourth-order valence-corrected chi connectivity index (χ4v) is 2.67. The van der Waals surface area contributed by atoms with Crippen molar-refractivity contribution in [2.24, 2.45) is 0 Å². The molecule has 6 heteroatoms. The Bertz CT molecular complexity index is 980. The average molecular weight is 425 g/mol. The molecule has 30 heavy (non-hydrogen) atoms. The molecule has 0 atom stereocenters. The van der Waals surface area contributed by atoms with Gasteiger partial charge in [0.15, 0.2) is 0 Å². The highest BCUT2D eigenvalue weighted by molar-refractivity contribution is 6.30. The molecule has 0 heterocycles. The van der Waals surface area contributed by atoms with Crippen molar-refractivity contribution < 1.29 is 23.8 Å². The quantitative estimate of drug-likeness (QED) is 0.342. The zero-order valence-corrected chi connectivity index (χ0v) is 17.2. The molecule has 0 aliphatic heterocycles. The molecule has 0 aliphatic carbocycles. The van der Waals surface area contributed by atoms with Gasteiger partial charge in [-0.15, -0.1) is 0 Å². The van der Waals surface area contributed by atoms with E-state index in [2.05, 4.69) is 0 Å². The highest BCUT2D eigenvalue weighted by Gasteiger charge is 2.11. The van der Waals surface area contributed by atoms with Crippen molar-refractivity contribution in [1.29, 1.82) is 0 Å². The van der Waals surface area contributed by atoms with Crippen molar-refractivity contribution in [3.8, 4) is 11.5 Å². The molecule has 0 saturated heterocycles. The van der Waals surface area contributed by atoms with Crippen LogP contribution < -0.4 is 9.47 Å². The number of esters is 2. The molecule has 0 bridgehead atoms. The lowest BCUT2D eigenvalue weighted by Gasteiger charge is -2.08. The first kappa shape index (κ1) is 21.4. The van der Waals surface area contributed by atoms with Gasteiger partial charge in [-0.3, -0.25) is 0 Å². The van der Waals surface area contributed by atoms with Gasteiger partial charge in [0.2, 0.25) is 0 Å². The highest BCUT2D eigenvalue weighted by Crippen LogP contribution is 2.18. The van der Waals surface area contributed by atoms with E-state index in [0.29, 0.717) is 34.3 Å². The number of halogens is 1. The molecule has 5 nitrogen and oxygen atoms in total. The molecule has 154 valence electrons. The lowest BCUT2D eigenvalue weighted by atomic mass is 10.2. The summed E-state index contributed by atoms with van der Waals surface area (Å²) in [6.07, 6.45) is 0.911. The molecular formula is C24H21ClO5. The molecule has 0 amide bonds. The first-order valence-electron chi connectivity index (χ1n) is 9.52. The number of carbonyl (C=O) groups excluding carboxylic acids is 2. The summed E-state index contributed by atoms with van der Waals surface area (Å²) in [4.78, 5) is 24.5. The summed E-state index contributed by atoms with van der Waals surface area (Å²) in [5, 5.41) is 0.621. The van der Waals surface area contributed by atoms with E-state index < -0.39 is 11.9 Å². The lowest BCUT2D eigenvalue weighted by molar-refractivity contribution is 0.0472. The van der Waals surface area contributed by atoms with E-state index >= 15 is 0 Å². The van der Waals surface area contributed by atoms with Gasteiger partial charge < -0.3 is 14.2 Å². The Morgan fingerprint density at radius 2 is 1.33 bits per heavy atom. The van der Waals surface area contributed by atoms with Gasteiger partial charge in [-0.1, -0.05) is 30.7 Å². The molecule has 0 aromatic heterocycles. The van der Waals surface area contributed by atoms with E-state index in [1.807, 2.05) is 6.92 Å². The molecule has 0 N–H and O–H groups in total. The minimum Gasteiger partial charge on any atom is -0.494 e. The van der Waals surface area contributed by atoms with Gasteiger partial charge in [0.25, 0.3) is 0 Å². The molecule has 0 unspecified atom stereocenters. The Morgan fingerprint density at radius 3 is 1.93 bits per heavy atom. The van der Waals surface area contributed by atoms with Gasteiger partial charge in [-0.2, -0.15) is 0 Å². The van der Waals surface area contributed by atoms with Crippen LogP contribution in [0.1, 0.15) is 39.6 Å². The van der Waals surface area contributed by atoms with E-state index in [4.69, 9.17) is 25.8 Å². The topological polar surface area (TPSA) is 61.8 Å². The minimum atomic E-state index is -0.491. The maximum atomic E-state index is 12.3. The number of rotatable bonds is 8. The lowest BCUT2D eigenvalue weighted by Crippen LogP contribution is -2.09. The molecule has 0 saturated carbocycles. The van der Waals surface area contributed by atoms with Crippen LogP contribution >= 0.6 is 11.6 Å². The van der Waals surface area contributed by atoms with Crippen molar-refractivity contribution in [2.45, 2.75) is 20.0 Å². The maximum absolute atomic E-state index is 12.3. The largest absolute Gasteiger partial charge is 0.494 e. The second-order valence-electron chi connectivity index (χ2n) is 6.49. The van der Waals surface area contributed by atoms with Gasteiger partial charge in [-0.05, 0) is 72.6 Å². The molecular weight excluding hydrogens is 404 g/mol. The fraction of sp³-hybridized carbons (Fsp3) is 0.167. The predicted molar refractivity (Wildman–Crippen MR) is 114 cm³/mol. The normalized spacial score (nSPS) is 10.3. The summed E-state index contributed by atoms with van der Waals surface area (Å²) in [6.45, 7) is 2.79. The van der Waals surface area contributed by atoms with E-state index in [1.165, 1.54) is 0 Å². The molecule has 0 radical (unpaired) electrons. The number of ether oxygens (including phenoxy) is 3. The maximum Gasteiger partial charge on any atom is 0.343 e. The molecule has 0 aliphatic rings. The highest BCUT2D eigenvalue weighted by atomic mass is 35.5. The standard InChI is InChI=1S/C24H21ClO5/c1-2-15-28-21-11-5-19(6-12-21)24(27)30-22-13-7-18(8-14-22)23(26)29-16-17-3-9-20(25)10-4-17/h3-14H,2,15-16H2,1H3. The monoisotopic (exact) mass is 424 g/mol. The molecule has 0 spiro atoms. The second-order valence-corrected chi connectivity index (χ2v) is 6.93. The van der Waals surface area contributed by atoms with Crippen molar-refractivity contribution in [1.82, 2.24) is 0 Å². The molecule has 3 aromatic carbocycles. The smallest absolute Gasteiger partial charge is 0.343 e. The van der Waals surface area contributed by atoms with E-state index in [9.17, 15) is 9.59 Å². The number of carbonyl (C=O) groups is 2. The first-order valence-corrected chi connectivity index (χ1v) is 9.89. The zero-order chi connectivity index (χ0) is 21.3. The van der Waals surface area contributed by atoms with Crippen LogP contribution in [0.25, 0.3) is 0 Å². The van der Waals surface area contributed by atoms with Gasteiger partial charge in [0, 0.05) is 5.02 Å². The van der Waals surface area contributed by atoms with E-state index in [1.54, 1.807) is 72.8 Å². The predicted octanol–water partition coefficient (Wildman–Crippen LogP) is 5.71. The van der Waals surface area contributed by atoms with Gasteiger partial charge in [0.05, 0.1) is 17.7 Å². The Labute approximate surface area is 180 Å². The summed E-state index contributed by atoms with van der Waals surface area (Å²) in [6, 6.07) is 20.0. The van der Waals surface area contributed by atoms with Crippen LogP contribution in [0.15, 0.2) is 72.8 Å². The van der Waals surface area contributed by atoms with Crippen LogP contribution in [0.5, 0.6) is 11.5 Å². The van der Waals surface area contributed by atoms with Crippen LogP contribution in [0.4, 0.5) is 0 Å². The summed E-state index contributed by atoms with van der Waals surface area (Å²) in [7, 11) is 0. The van der Waals surface area contributed by atoms with Crippen molar-refractivity contribution in [2.75, 3.05) is 6.61 Å². The van der Waals surface area contributed by atoms with Gasteiger partial charge >= 0.3 is 11.9 Å². The Balaban J connectivity index is 1.53. The molecule has 0 fully saturated rings. The molecule has 3 rings (SSSR count). The third-order valence-electron chi connectivity index (χ3n) is 4.15. The van der Waals surface area contributed by atoms with Gasteiger partial charge in [0.1, 0.15) is 18.1 Å². The van der Waals surface area contributed by atoms with Crippen molar-refractivity contribution in [3.05, 3.63) is 94.5 Å². The fourth-order valence-electron chi connectivity index (χ4n) is 2.55. The van der Waals surface area contributed by atoms with Gasteiger partial charge in [-0.25, -0.2) is 9.59 Å². The summed E-state index contributed by atoms with van der Waals surface area (Å²) in [5.41, 5.74) is 1.61. The molecule has 3 aromatic rings. The van der Waals surface area contributed by atoms with E-state index in [-0.39, 0.29) is 6.61 Å². The Morgan fingerprint density at radius 1 is 0.767 bits per heavy atom. The average Bonchev–Trinajstić information content (AvgIpc) is 2.78. The number of hydrogen-bond acceptors (Lipinski definition) is 5. The second kappa shape index (κ2) is 10.5. The van der Waals surface area contributed by atoms with Crippen LogP contribution in [-0.2, 0) is 11.3 Å². The SMILES string of the molecule is CCCOc1ccc(C(=O)Oc2ccc(C(=O)OCc3ccc(Cl)cc3)cc2)cc1. The summed E-state index contributed by atoms with van der Waals surface area (Å²) in [5.74, 6) is 0.0797.